The number of pyridine rings is 1. The summed E-state index contributed by atoms with van der Waals surface area (Å²) in [6, 6.07) is 9.76. The number of carbonyl (C=O) groups excluding carboxylic acids is 1. The normalized spacial score (nSPS) is 18.2. The van der Waals surface area contributed by atoms with Crippen LogP contribution in [-0.2, 0) is 21.4 Å². The average Bonchev–Trinajstić information content (AvgIpc) is 2.72. The Morgan fingerprint density at radius 1 is 1.30 bits per heavy atom. The van der Waals surface area contributed by atoms with Crippen molar-refractivity contribution in [2.24, 2.45) is 0 Å². The van der Waals surface area contributed by atoms with Gasteiger partial charge in [0.2, 0.25) is 10.0 Å². The smallest absolute Gasteiger partial charge is 0.251 e. The zero-order chi connectivity index (χ0) is 19.3. The number of hydrogen-bond acceptors (Lipinski definition) is 5. The second kappa shape index (κ2) is 8.60. The molecule has 1 fully saturated rings. The molecule has 3 rings (SSSR count). The summed E-state index contributed by atoms with van der Waals surface area (Å²) in [6.07, 6.45) is 4.85. The van der Waals surface area contributed by atoms with Gasteiger partial charge in [-0.3, -0.25) is 9.78 Å². The molecule has 27 heavy (non-hydrogen) atoms. The molecular weight excluding hydrogens is 366 g/mol. The van der Waals surface area contributed by atoms with Gasteiger partial charge in [-0.05, 0) is 48.7 Å². The Kier molecular flexibility index (Phi) is 6.20. The highest BCUT2D eigenvalue weighted by molar-refractivity contribution is 7.89. The first-order chi connectivity index (χ1) is 13.0. The van der Waals surface area contributed by atoms with Crippen LogP contribution in [0.2, 0.25) is 0 Å². The van der Waals surface area contributed by atoms with Crippen LogP contribution in [0.4, 0.5) is 0 Å². The van der Waals surface area contributed by atoms with Crippen molar-refractivity contribution < 1.29 is 17.9 Å². The number of carbonyl (C=O) groups is 1. The van der Waals surface area contributed by atoms with E-state index in [-0.39, 0.29) is 16.9 Å². The lowest BCUT2D eigenvalue weighted by Gasteiger charge is -2.31. The van der Waals surface area contributed by atoms with Crippen LogP contribution in [-0.4, -0.2) is 49.9 Å². The number of aromatic nitrogens is 1. The van der Waals surface area contributed by atoms with Crippen LogP contribution >= 0.6 is 0 Å². The van der Waals surface area contributed by atoms with Gasteiger partial charge in [0.05, 0.1) is 17.6 Å². The topological polar surface area (TPSA) is 88.6 Å². The molecule has 8 heteroatoms. The molecule has 1 aliphatic heterocycles. The van der Waals surface area contributed by atoms with Gasteiger partial charge in [-0.1, -0.05) is 6.07 Å². The number of amides is 1. The summed E-state index contributed by atoms with van der Waals surface area (Å²) in [7, 11) is -2.08. The number of benzene rings is 1. The number of rotatable bonds is 6. The van der Waals surface area contributed by atoms with Crippen LogP contribution < -0.4 is 5.32 Å². The van der Waals surface area contributed by atoms with Gasteiger partial charge in [0.1, 0.15) is 0 Å². The minimum atomic E-state index is -3.62. The number of ether oxygens (including phenoxy) is 1. The Labute approximate surface area is 159 Å². The van der Waals surface area contributed by atoms with E-state index in [0.29, 0.717) is 25.3 Å². The largest absolute Gasteiger partial charge is 0.372 e. The molecule has 2 heterocycles. The lowest BCUT2D eigenvalue weighted by atomic mass is 10.1. The minimum Gasteiger partial charge on any atom is -0.372 e. The van der Waals surface area contributed by atoms with E-state index in [9.17, 15) is 13.2 Å². The zero-order valence-electron chi connectivity index (χ0n) is 15.2. The molecule has 1 saturated heterocycles. The Bertz CT molecular complexity index is 870. The van der Waals surface area contributed by atoms with Gasteiger partial charge in [0.25, 0.3) is 5.91 Å². The maximum absolute atomic E-state index is 12.9. The van der Waals surface area contributed by atoms with Gasteiger partial charge in [0, 0.05) is 38.1 Å². The number of hydrogen-bond donors (Lipinski definition) is 1. The monoisotopic (exact) mass is 389 g/mol. The second-order valence-corrected chi connectivity index (χ2v) is 8.34. The molecule has 0 aliphatic carbocycles. The molecule has 144 valence electrons. The highest BCUT2D eigenvalue weighted by Gasteiger charge is 2.30. The number of nitrogens with zero attached hydrogens (tertiary/aromatic N) is 2. The third-order valence-electron chi connectivity index (χ3n) is 4.53. The minimum absolute atomic E-state index is 0.154. The van der Waals surface area contributed by atoms with Crippen LogP contribution in [0.1, 0.15) is 28.8 Å². The molecule has 7 nitrogen and oxygen atoms in total. The highest BCUT2D eigenvalue weighted by Crippen LogP contribution is 2.23. The summed E-state index contributed by atoms with van der Waals surface area (Å²) in [5.41, 5.74) is 1.38. The van der Waals surface area contributed by atoms with Crippen LogP contribution in [0.5, 0.6) is 0 Å². The fraction of sp³-hybridized carbons (Fsp3) is 0.368. The summed E-state index contributed by atoms with van der Waals surface area (Å²) in [5.74, 6) is -0.249. The predicted molar refractivity (Wildman–Crippen MR) is 101 cm³/mol. The summed E-state index contributed by atoms with van der Waals surface area (Å²) in [4.78, 5) is 15.9. The van der Waals surface area contributed by atoms with E-state index in [1.807, 2.05) is 12.1 Å². The molecule has 1 aliphatic rings. The van der Waals surface area contributed by atoms with E-state index in [0.717, 1.165) is 18.4 Å². The third kappa shape index (κ3) is 4.71. The van der Waals surface area contributed by atoms with Crippen molar-refractivity contribution in [3.8, 4) is 0 Å². The maximum atomic E-state index is 12.9. The van der Waals surface area contributed by atoms with Gasteiger partial charge in [-0.15, -0.1) is 0 Å². The fourth-order valence-electron chi connectivity index (χ4n) is 3.03. The summed E-state index contributed by atoms with van der Waals surface area (Å²) in [5, 5.41) is 2.52. The molecule has 1 atom stereocenters. The first kappa shape index (κ1) is 19.5. The van der Waals surface area contributed by atoms with Crippen molar-refractivity contribution in [1.29, 1.82) is 0 Å². The Morgan fingerprint density at radius 3 is 2.74 bits per heavy atom. The van der Waals surface area contributed by atoms with Crippen LogP contribution in [0.3, 0.4) is 0 Å². The first-order valence-corrected chi connectivity index (χ1v) is 10.3. The molecule has 1 amide bonds. The fourth-order valence-corrected chi connectivity index (χ4v) is 4.54. The zero-order valence-corrected chi connectivity index (χ0v) is 16.0. The van der Waals surface area contributed by atoms with Crippen molar-refractivity contribution in [3.63, 3.8) is 0 Å². The Hall–Kier alpha value is -2.29. The standard InChI is InChI=1S/C19H23N3O4S/c1-20-19(23)16-6-8-18(9-7-16)27(24,25)22-11-3-5-17(13-22)26-14-15-4-2-10-21-12-15/h2,4,6-10,12,17H,3,5,11,13-14H2,1H3,(H,20,23). The maximum Gasteiger partial charge on any atom is 0.251 e. The summed E-state index contributed by atoms with van der Waals surface area (Å²) in [6.45, 7) is 1.19. The molecule has 1 N–H and O–H groups in total. The van der Waals surface area contributed by atoms with Gasteiger partial charge in [-0.2, -0.15) is 4.31 Å². The average molecular weight is 389 g/mol. The van der Waals surface area contributed by atoms with Crippen LogP contribution in [0.15, 0.2) is 53.7 Å². The second-order valence-electron chi connectivity index (χ2n) is 6.40. The summed E-state index contributed by atoms with van der Waals surface area (Å²) < 4.78 is 33.2. The number of nitrogens with one attached hydrogen (secondary N) is 1. The van der Waals surface area contributed by atoms with E-state index in [1.54, 1.807) is 12.4 Å². The van der Waals surface area contributed by atoms with E-state index >= 15 is 0 Å². The molecule has 2 aromatic rings. The molecule has 0 spiro atoms. The van der Waals surface area contributed by atoms with Gasteiger partial charge in [-0.25, -0.2) is 8.42 Å². The van der Waals surface area contributed by atoms with Gasteiger partial charge < -0.3 is 10.1 Å². The number of piperidine rings is 1. The third-order valence-corrected chi connectivity index (χ3v) is 6.41. The lowest BCUT2D eigenvalue weighted by Crippen LogP contribution is -2.43. The molecule has 0 bridgehead atoms. The van der Waals surface area contributed by atoms with Crippen molar-refractivity contribution in [2.45, 2.75) is 30.4 Å². The lowest BCUT2D eigenvalue weighted by molar-refractivity contribution is 0.00800. The van der Waals surface area contributed by atoms with E-state index < -0.39 is 10.0 Å². The Morgan fingerprint density at radius 2 is 2.07 bits per heavy atom. The van der Waals surface area contributed by atoms with Crippen molar-refractivity contribution in [2.75, 3.05) is 20.1 Å². The highest BCUT2D eigenvalue weighted by atomic mass is 32.2. The Balaban J connectivity index is 1.66. The molecular formula is C19H23N3O4S. The predicted octanol–water partition coefficient (Wildman–Crippen LogP) is 1.81. The van der Waals surface area contributed by atoms with E-state index in [1.165, 1.54) is 35.6 Å². The first-order valence-electron chi connectivity index (χ1n) is 8.83. The number of sulfonamides is 1. The molecule has 1 aromatic carbocycles. The van der Waals surface area contributed by atoms with Crippen molar-refractivity contribution in [3.05, 3.63) is 59.9 Å². The molecule has 0 saturated carbocycles. The van der Waals surface area contributed by atoms with E-state index in [2.05, 4.69) is 10.3 Å². The van der Waals surface area contributed by atoms with Crippen LogP contribution in [0.25, 0.3) is 0 Å². The quantitative estimate of drug-likeness (QED) is 0.814. The van der Waals surface area contributed by atoms with Crippen molar-refractivity contribution >= 4 is 15.9 Å². The SMILES string of the molecule is CNC(=O)c1ccc(S(=O)(=O)N2CCCC(OCc3cccnc3)C2)cc1. The van der Waals surface area contributed by atoms with Gasteiger partial charge >= 0.3 is 0 Å². The van der Waals surface area contributed by atoms with Gasteiger partial charge in [0.15, 0.2) is 0 Å². The van der Waals surface area contributed by atoms with Crippen LogP contribution in [0, 0.1) is 0 Å². The van der Waals surface area contributed by atoms with E-state index in [4.69, 9.17) is 4.74 Å². The molecule has 1 unspecified atom stereocenters. The molecule has 0 radical (unpaired) electrons. The summed E-state index contributed by atoms with van der Waals surface area (Å²) >= 11 is 0. The molecule has 1 aromatic heterocycles. The van der Waals surface area contributed by atoms with Crippen molar-refractivity contribution in [1.82, 2.24) is 14.6 Å².